The van der Waals surface area contributed by atoms with Crippen LogP contribution in [-0.4, -0.2) is 85.7 Å². The van der Waals surface area contributed by atoms with Crippen molar-refractivity contribution in [1.82, 2.24) is 14.4 Å². The zero-order chi connectivity index (χ0) is 29.1. The fraction of sp³-hybridized carbons (Fsp3) is 0.571. The van der Waals surface area contributed by atoms with Gasteiger partial charge in [0.25, 0.3) is 0 Å². The van der Waals surface area contributed by atoms with Crippen molar-refractivity contribution >= 4 is 29.7 Å². The highest BCUT2D eigenvalue weighted by Gasteiger charge is 2.60. The van der Waals surface area contributed by atoms with Gasteiger partial charge in [-0.3, -0.25) is 4.79 Å². The lowest BCUT2D eigenvalue weighted by Crippen LogP contribution is -3.00. The van der Waals surface area contributed by atoms with Crippen molar-refractivity contribution in [1.29, 1.82) is 0 Å². The average molecular weight is 703 g/mol. The van der Waals surface area contributed by atoms with Gasteiger partial charge in [-0.05, 0) is 13.3 Å². The van der Waals surface area contributed by atoms with Gasteiger partial charge in [0.05, 0.1) is 31.7 Å². The maximum Gasteiger partial charge on any atom is 0.410 e. The lowest BCUT2D eigenvalue weighted by Gasteiger charge is -2.46. The summed E-state index contributed by atoms with van der Waals surface area (Å²) in [5.74, 6) is -1.63. The van der Waals surface area contributed by atoms with Crippen LogP contribution in [0.5, 0.6) is 0 Å². The van der Waals surface area contributed by atoms with Gasteiger partial charge in [0, 0.05) is 35.1 Å². The molecule has 13 heteroatoms. The van der Waals surface area contributed by atoms with Gasteiger partial charge >= 0.3 is 12.1 Å². The highest BCUT2D eigenvalue weighted by atomic mass is 127. The Bertz CT molecular complexity index is 1200. The summed E-state index contributed by atoms with van der Waals surface area (Å²) in [5, 5.41) is 19.7. The second kappa shape index (κ2) is 14.2. The third-order valence-electron chi connectivity index (χ3n) is 7.83. The first kappa shape index (κ1) is 33.1. The van der Waals surface area contributed by atoms with Gasteiger partial charge in [0.15, 0.2) is 5.69 Å². The quantitative estimate of drug-likeness (QED) is 0.0888. The number of carbonyl (C=O) groups excluding carboxylic acids is 3. The summed E-state index contributed by atoms with van der Waals surface area (Å²) in [4.78, 5) is 43.0. The number of hydrogen-bond donors (Lipinski definition) is 2. The van der Waals surface area contributed by atoms with Crippen LogP contribution in [0.3, 0.4) is 0 Å². The van der Waals surface area contributed by atoms with Crippen LogP contribution in [0.15, 0.2) is 48.4 Å². The van der Waals surface area contributed by atoms with Crippen molar-refractivity contribution < 1.29 is 62.6 Å². The number of esters is 1. The van der Waals surface area contributed by atoms with E-state index in [0.29, 0.717) is 25.9 Å². The SMILES string of the molecule is C=CCOC(=O)C1=C(S[C@H]2C[C@@H](CC[n+]3cc(CO)n(C)c3)N(C(=O)OCC=C)C2)[C@H](C)[C@@H]2[C@@H]([C@@H](C)O)C(=O)N12.[I-]. The van der Waals surface area contributed by atoms with Crippen LogP contribution in [0.1, 0.15) is 32.4 Å². The summed E-state index contributed by atoms with van der Waals surface area (Å²) in [6.45, 7) is 11.9. The van der Waals surface area contributed by atoms with E-state index in [1.54, 1.807) is 11.8 Å². The molecule has 3 aliphatic heterocycles. The van der Waals surface area contributed by atoms with Gasteiger partial charge in [0.1, 0.15) is 31.7 Å². The Balaban J connectivity index is 0.00000462. The predicted octanol–water partition coefficient (Wildman–Crippen LogP) is -1.50. The van der Waals surface area contributed by atoms with Crippen LogP contribution in [0.2, 0.25) is 0 Å². The highest BCUT2D eigenvalue weighted by Crippen LogP contribution is 2.52. The van der Waals surface area contributed by atoms with Crippen molar-refractivity contribution in [3.63, 3.8) is 0 Å². The molecule has 6 atom stereocenters. The number of β-lactam (4-membered cyclic amide) rings is 1. The number of ether oxygens (including phenoxy) is 2. The molecule has 4 rings (SSSR count). The summed E-state index contributed by atoms with van der Waals surface area (Å²) in [6, 6.07) is -0.431. The number of imidazole rings is 1. The number of aryl methyl sites for hydroxylation is 2. The number of aromatic nitrogens is 2. The Kier molecular flexibility index (Phi) is 11.5. The Labute approximate surface area is 261 Å². The smallest absolute Gasteiger partial charge is 0.410 e. The molecule has 11 nitrogen and oxygen atoms in total. The second-order valence-corrected chi connectivity index (χ2v) is 11.9. The summed E-state index contributed by atoms with van der Waals surface area (Å²) in [7, 11) is 1.87. The minimum atomic E-state index is -0.834. The zero-order valence-electron chi connectivity index (χ0n) is 23.6. The topological polar surface area (TPSA) is 125 Å². The molecule has 1 aromatic rings. The van der Waals surface area contributed by atoms with E-state index in [0.717, 1.165) is 10.6 Å². The van der Waals surface area contributed by atoms with E-state index in [9.17, 15) is 24.6 Å². The molecule has 2 saturated heterocycles. The van der Waals surface area contributed by atoms with Gasteiger partial charge in [-0.25, -0.2) is 18.7 Å². The van der Waals surface area contributed by atoms with E-state index in [4.69, 9.17) is 9.47 Å². The van der Waals surface area contributed by atoms with Crippen molar-refractivity contribution in [2.45, 2.75) is 63.3 Å². The molecular formula is C28H39IN4O7S. The van der Waals surface area contributed by atoms with E-state index in [1.165, 1.54) is 28.8 Å². The first-order valence-corrected chi connectivity index (χ1v) is 14.4. The number of likely N-dealkylation sites (tertiary alicyclic amines) is 1. The molecule has 0 aromatic carbocycles. The van der Waals surface area contributed by atoms with Crippen LogP contribution < -0.4 is 28.5 Å². The van der Waals surface area contributed by atoms with Crippen molar-refractivity contribution in [3.8, 4) is 0 Å². The molecular weight excluding hydrogens is 663 g/mol. The van der Waals surface area contributed by atoms with Crippen molar-refractivity contribution in [3.05, 3.63) is 54.1 Å². The molecule has 4 heterocycles. The average Bonchev–Trinajstić information content (AvgIpc) is 3.57. The Hall–Kier alpha value is -2.36. The largest absolute Gasteiger partial charge is 1.00 e. The standard InChI is InChI=1S/C28H39N4O7S.HI/c1-6-10-38-27(36)24-25(17(3)23-22(18(4)34)26(35)32(23)24)40-21-12-19(31(14-21)28(37)39-11-7-2)8-9-30-13-20(15-33)29(5)16-30;/h6-7,13,16-19,21-23,33-34H,1-2,8-12,14-15H2,3-5H3;1H/q+1;/p-1/t17-,18-,19-,21+,22-,23-;/m1./s1. The Morgan fingerprint density at radius 2 is 1.95 bits per heavy atom. The van der Waals surface area contributed by atoms with Gasteiger partial charge in [-0.2, -0.15) is 0 Å². The molecule has 226 valence electrons. The number of carbonyl (C=O) groups is 3. The number of aliphatic hydroxyl groups excluding tert-OH is 2. The maximum absolute atomic E-state index is 13.1. The minimum Gasteiger partial charge on any atom is -1.00 e. The first-order valence-electron chi connectivity index (χ1n) is 13.5. The third kappa shape index (κ3) is 6.67. The van der Waals surface area contributed by atoms with Crippen LogP contribution in [-0.2, 0) is 39.3 Å². The fourth-order valence-electron chi connectivity index (χ4n) is 5.91. The van der Waals surface area contributed by atoms with Crippen LogP contribution in [0, 0.1) is 11.8 Å². The van der Waals surface area contributed by atoms with E-state index < -0.39 is 24.1 Å². The van der Waals surface area contributed by atoms with Gasteiger partial charge in [-0.1, -0.05) is 32.2 Å². The summed E-state index contributed by atoms with van der Waals surface area (Å²) < 4.78 is 14.6. The number of hydrogen-bond acceptors (Lipinski definition) is 8. The van der Waals surface area contributed by atoms with Crippen LogP contribution in [0.4, 0.5) is 4.79 Å². The molecule has 1 aromatic heterocycles. The highest BCUT2D eigenvalue weighted by molar-refractivity contribution is 8.03. The van der Waals surface area contributed by atoms with E-state index in [1.807, 2.05) is 35.6 Å². The molecule has 0 spiro atoms. The molecule has 0 saturated carbocycles. The molecule has 0 radical (unpaired) electrons. The number of fused-ring (bicyclic) bond motifs is 1. The third-order valence-corrected chi connectivity index (χ3v) is 9.33. The molecule has 0 bridgehead atoms. The van der Waals surface area contributed by atoms with Crippen LogP contribution in [0.25, 0.3) is 0 Å². The lowest BCUT2D eigenvalue weighted by molar-refractivity contribution is -0.697. The second-order valence-electron chi connectivity index (χ2n) is 10.5. The van der Waals surface area contributed by atoms with Crippen LogP contribution >= 0.6 is 11.8 Å². The van der Waals surface area contributed by atoms with E-state index in [2.05, 4.69) is 13.2 Å². The minimum absolute atomic E-state index is 0. The predicted molar refractivity (Wildman–Crippen MR) is 147 cm³/mol. The fourth-order valence-corrected chi connectivity index (χ4v) is 7.47. The Morgan fingerprint density at radius 3 is 2.56 bits per heavy atom. The van der Waals surface area contributed by atoms with Crippen molar-refractivity contribution in [2.24, 2.45) is 18.9 Å². The van der Waals surface area contributed by atoms with E-state index >= 15 is 0 Å². The normalized spacial score (nSPS) is 25.8. The Morgan fingerprint density at radius 1 is 1.27 bits per heavy atom. The summed E-state index contributed by atoms with van der Waals surface area (Å²) in [5.41, 5.74) is 1.02. The summed E-state index contributed by atoms with van der Waals surface area (Å²) in [6.07, 6.45) is 6.86. The monoisotopic (exact) mass is 702 g/mol. The molecule has 2 fully saturated rings. The summed E-state index contributed by atoms with van der Waals surface area (Å²) >= 11 is 1.50. The van der Waals surface area contributed by atoms with E-state index in [-0.39, 0.29) is 78.7 Å². The van der Waals surface area contributed by atoms with Gasteiger partial charge in [-0.15, -0.1) is 11.8 Å². The molecule has 2 N–H and O–H groups in total. The number of nitrogens with zero attached hydrogens (tertiary/aromatic N) is 4. The zero-order valence-corrected chi connectivity index (χ0v) is 26.6. The van der Waals surface area contributed by atoms with Gasteiger partial charge < -0.3 is 53.5 Å². The number of amides is 2. The molecule has 2 amide bonds. The number of thioether (sulfide) groups is 1. The van der Waals surface area contributed by atoms with Crippen molar-refractivity contribution in [2.75, 3.05) is 19.8 Å². The number of rotatable bonds is 12. The number of halogens is 1. The lowest BCUT2D eigenvalue weighted by atomic mass is 9.79. The number of aliphatic hydroxyl groups is 2. The molecule has 0 aliphatic carbocycles. The van der Waals surface area contributed by atoms with Gasteiger partial charge in [0.2, 0.25) is 12.2 Å². The first-order chi connectivity index (χ1) is 19.1. The molecule has 0 unspecified atom stereocenters. The molecule has 41 heavy (non-hydrogen) atoms. The molecule has 3 aliphatic rings. The maximum atomic E-state index is 13.1.